The van der Waals surface area contributed by atoms with E-state index in [2.05, 4.69) is 4.85 Å². The highest BCUT2D eigenvalue weighted by Gasteiger charge is 1.74. The summed E-state index contributed by atoms with van der Waals surface area (Å²) < 4.78 is 0. The van der Waals surface area contributed by atoms with Gasteiger partial charge in [0.25, 0.3) is 0 Å². The molecule has 2 nitrogen and oxygen atoms in total. The van der Waals surface area contributed by atoms with Gasteiger partial charge in [0.1, 0.15) is 5.75 Å². The van der Waals surface area contributed by atoms with Gasteiger partial charge in [-0.25, -0.2) is 6.57 Å². The van der Waals surface area contributed by atoms with Gasteiger partial charge < -0.3 is 9.95 Å². The molecule has 0 radical (unpaired) electrons. The quantitative estimate of drug-likeness (QED) is 0.562. The van der Waals surface area contributed by atoms with Crippen LogP contribution in [0.1, 0.15) is 6.92 Å². The second-order valence-electron chi connectivity index (χ2n) is 1.81. The van der Waals surface area contributed by atoms with E-state index in [9.17, 15) is 0 Å². The number of phenols is 1. The minimum absolute atomic E-state index is 0.322. The average Bonchev–Trinajstić information content (AvgIpc) is 2.07. The minimum Gasteiger partial charge on any atom is -0.508 e. The van der Waals surface area contributed by atoms with Crippen LogP contribution < -0.4 is 0 Å². The zero-order chi connectivity index (χ0) is 8.53. The molecular weight excluding hydrogens is 138 g/mol. The molecule has 2 heteroatoms. The summed E-state index contributed by atoms with van der Waals surface area (Å²) in [6.45, 7) is 8.51. The number of phenolic OH excluding ortho intramolecular Hbond substituents is 1. The van der Waals surface area contributed by atoms with Crippen molar-refractivity contribution in [3.63, 3.8) is 0 Å². The molecule has 1 aromatic carbocycles. The molecule has 0 aliphatic carbocycles. The Balaban J connectivity index is 0.000000218. The normalized spacial score (nSPS) is 7.27. The summed E-state index contributed by atoms with van der Waals surface area (Å²) in [6.07, 6.45) is 0. The van der Waals surface area contributed by atoms with Crippen molar-refractivity contribution in [1.82, 2.24) is 0 Å². The van der Waals surface area contributed by atoms with Crippen molar-refractivity contribution in [1.29, 1.82) is 0 Å². The number of nitrogens with zero attached hydrogens (tertiary/aromatic N) is 1. The van der Waals surface area contributed by atoms with E-state index in [0.717, 1.165) is 0 Å². The summed E-state index contributed by atoms with van der Waals surface area (Å²) in [5.41, 5.74) is 0. The highest BCUT2D eigenvalue weighted by molar-refractivity contribution is 5.18. The van der Waals surface area contributed by atoms with E-state index in [0.29, 0.717) is 12.3 Å². The second kappa shape index (κ2) is 6.63. The summed E-state index contributed by atoms with van der Waals surface area (Å²) in [4.78, 5) is 2.99. The molecule has 1 N–H and O–H groups in total. The molecule has 11 heavy (non-hydrogen) atoms. The fourth-order valence-electron chi connectivity index (χ4n) is 0.428. The molecule has 0 amide bonds. The number of aromatic hydroxyl groups is 1. The number of hydrogen-bond donors (Lipinski definition) is 1. The smallest absolute Gasteiger partial charge is 0.211 e. The molecule has 0 saturated carbocycles. The van der Waals surface area contributed by atoms with Gasteiger partial charge in [-0.3, -0.25) is 0 Å². The molecule has 0 spiro atoms. The lowest BCUT2D eigenvalue weighted by molar-refractivity contribution is 0.475. The molecule has 0 aliphatic heterocycles. The highest BCUT2D eigenvalue weighted by Crippen LogP contribution is 2.02. The zero-order valence-electron chi connectivity index (χ0n) is 6.49. The van der Waals surface area contributed by atoms with Crippen LogP contribution in [0, 0.1) is 6.57 Å². The largest absolute Gasteiger partial charge is 0.508 e. The summed E-state index contributed by atoms with van der Waals surface area (Å²) >= 11 is 0. The highest BCUT2D eigenvalue weighted by atomic mass is 16.3. The van der Waals surface area contributed by atoms with Gasteiger partial charge in [-0.15, -0.1) is 0 Å². The predicted octanol–water partition coefficient (Wildman–Crippen LogP) is 2.32. The van der Waals surface area contributed by atoms with Crippen LogP contribution in [0.3, 0.4) is 0 Å². The maximum absolute atomic E-state index is 8.63. The zero-order valence-corrected chi connectivity index (χ0v) is 6.49. The van der Waals surface area contributed by atoms with Crippen molar-refractivity contribution in [3.05, 3.63) is 41.7 Å². The standard InChI is InChI=1S/C6H6O.C3H5N/c7-6-4-2-1-3-5-6;1-3-4-2/h1-5,7H;3H2,1H3. The van der Waals surface area contributed by atoms with Gasteiger partial charge in [-0.1, -0.05) is 18.2 Å². The fraction of sp³-hybridized carbons (Fsp3) is 0.222. The van der Waals surface area contributed by atoms with E-state index in [4.69, 9.17) is 11.7 Å². The lowest BCUT2D eigenvalue weighted by Crippen LogP contribution is -1.56. The SMILES string of the molecule is Oc1ccccc1.[C-]#[N+]CC. The van der Waals surface area contributed by atoms with Crippen LogP contribution >= 0.6 is 0 Å². The van der Waals surface area contributed by atoms with Gasteiger partial charge in [0.05, 0.1) is 0 Å². The monoisotopic (exact) mass is 149 g/mol. The van der Waals surface area contributed by atoms with E-state index in [1.807, 2.05) is 13.0 Å². The Kier molecular flexibility index (Phi) is 5.73. The third-order valence-electron chi connectivity index (χ3n) is 0.914. The lowest BCUT2D eigenvalue weighted by Gasteiger charge is -1.82. The van der Waals surface area contributed by atoms with Crippen LogP contribution in [0.25, 0.3) is 4.85 Å². The van der Waals surface area contributed by atoms with Crippen LogP contribution in [0.15, 0.2) is 30.3 Å². The molecule has 0 heterocycles. The topological polar surface area (TPSA) is 24.6 Å². The number of rotatable bonds is 0. The van der Waals surface area contributed by atoms with Gasteiger partial charge in [-0.2, -0.15) is 0 Å². The van der Waals surface area contributed by atoms with E-state index < -0.39 is 0 Å². The summed E-state index contributed by atoms with van der Waals surface area (Å²) in [5, 5.41) is 8.63. The molecule has 0 aliphatic rings. The average molecular weight is 149 g/mol. The molecule has 0 unspecified atom stereocenters. The second-order valence-corrected chi connectivity index (χ2v) is 1.81. The molecule has 1 rings (SSSR count). The van der Waals surface area contributed by atoms with E-state index in [1.165, 1.54) is 0 Å². The molecule has 0 bridgehead atoms. The molecule has 58 valence electrons. The Bertz CT molecular complexity index is 213. The van der Waals surface area contributed by atoms with Crippen molar-refractivity contribution in [3.8, 4) is 5.75 Å². The molecule has 0 fully saturated rings. The van der Waals surface area contributed by atoms with Crippen molar-refractivity contribution >= 4 is 0 Å². The van der Waals surface area contributed by atoms with Crippen LogP contribution in [0.4, 0.5) is 0 Å². The molecular formula is C9H11NO. The summed E-state index contributed by atoms with van der Waals surface area (Å²) in [5.74, 6) is 0.322. The van der Waals surface area contributed by atoms with Crippen LogP contribution in [0.2, 0.25) is 0 Å². The predicted molar refractivity (Wildman–Crippen MR) is 45.2 cm³/mol. The van der Waals surface area contributed by atoms with Gasteiger partial charge in [0.2, 0.25) is 6.54 Å². The Hall–Kier alpha value is -1.49. The van der Waals surface area contributed by atoms with E-state index >= 15 is 0 Å². The Morgan fingerprint density at radius 2 is 1.82 bits per heavy atom. The third kappa shape index (κ3) is 6.39. The maximum Gasteiger partial charge on any atom is 0.211 e. The molecule has 1 aromatic rings. The number of para-hydroxylation sites is 1. The molecule has 0 aromatic heterocycles. The first-order valence-electron chi connectivity index (χ1n) is 3.38. The van der Waals surface area contributed by atoms with Gasteiger partial charge >= 0.3 is 0 Å². The van der Waals surface area contributed by atoms with Crippen LogP contribution in [0.5, 0.6) is 5.75 Å². The lowest BCUT2D eigenvalue weighted by atomic mass is 10.3. The minimum atomic E-state index is 0.322. The molecule has 0 atom stereocenters. The van der Waals surface area contributed by atoms with Crippen molar-refractivity contribution in [2.24, 2.45) is 0 Å². The van der Waals surface area contributed by atoms with E-state index in [1.54, 1.807) is 24.3 Å². The van der Waals surface area contributed by atoms with E-state index in [-0.39, 0.29) is 0 Å². The van der Waals surface area contributed by atoms with Gasteiger partial charge in [-0.05, 0) is 12.1 Å². The first kappa shape index (κ1) is 9.51. The number of benzene rings is 1. The van der Waals surface area contributed by atoms with Crippen LogP contribution in [-0.2, 0) is 0 Å². The first-order valence-corrected chi connectivity index (χ1v) is 3.38. The summed E-state index contributed by atoms with van der Waals surface area (Å²) in [6, 6.07) is 8.71. The Labute approximate surface area is 66.9 Å². The van der Waals surface area contributed by atoms with Gasteiger partial charge in [0, 0.05) is 6.92 Å². The third-order valence-corrected chi connectivity index (χ3v) is 0.914. The van der Waals surface area contributed by atoms with Crippen molar-refractivity contribution in [2.75, 3.05) is 6.54 Å². The summed E-state index contributed by atoms with van der Waals surface area (Å²) in [7, 11) is 0. The number of hydrogen-bond acceptors (Lipinski definition) is 1. The maximum atomic E-state index is 8.63. The Morgan fingerprint density at radius 1 is 1.36 bits per heavy atom. The van der Waals surface area contributed by atoms with Crippen LogP contribution in [-0.4, -0.2) is 11.7 Å². The first-order chi connectivity index (χ1) is 5.31. The molecule has 0 saturated heterocycles. The van der Waals surface area contributed by atoms with Gasteiger partial charge in [0.15, 0.2) is 0 Å². The Morgan fingerprint density at radius 3 is 2.00 bits per heavy atom. The fourth-order valence-corrected chi connectivity index (χ4v) is 0.428. The van der Waals surface area contributed by atoms with Crippen molar-refractivity contribution in [2.45, 2.75) is 6.92 Å². The van der Waals surface area contributed by atoms with Crippen molar-refractivity contribution < 1.29 is 5.11 Å².